The molecule has 1 amide bonds. The van der Waals surface area contributed by atoms with Crippen molar-refractivity contribution in [1.29, 1.82) is 0 Å². The van der Waals surface area contributed by atoms with E-state index < -0.39 is 40.6 Å². The van der Waals surface area contributed by atoms with Crippen molar-refractivity contribution in [2.75, 3.05) is 19.6 Å². The zero-order valence-electron chi connectivity index (χ0n) is 14.9. The van der Waals surface area contributed by atoms with Crippen molar-refractivity contribution in [1.82, 2.24) is 9.21 Å². The van der Waals surface area contributed by atoms with Crippen LogP contribution in [0.4, 0.5) is 13.2 Å². The molecule has 9 heteroatoms. The highest BCUT2D eigenvalue weighted by atomic mass is 32.2. The van der Waals surface area contributed by atoms with Crippen molar-refractivity contribution in [2.45, 2.75) is 49.2 Å². The number of carbonyl (C=O) groups excluding carboxylic acids is 1. The molecule has 0 saturated carbocycles. The summed E-state index contributed by atoms with van der Waals surface area (Å²) in [5, 5.41) is 0. The molecule has 2 saturated heterocycles. The molecule has 1 aromatic rings. The van der Waals surface area contributed by atoms with Gasteiger partial charge in [0.1, 0.15) is 6.04 Å². The van der Waals surface area contributed by atoms with E-state index in [-0.39, 0.29) is 30.8 Å². The number of nitrogens with zero attached hydrogens (tertiary/aromatic N) is 2. The Kier molecular flexibility index (Phi) is 5.81. The molecule has 0 bridgehead atoms. The zero-order valence-corrected chi connectivity index (χ0v) is 15.7. The molecule has 0 spiro atoms. The summed E-state index contributed by atoms with van der Waals surface area (Å²) >= 11 is 0. The summed E-state index contributed by atoms with van der Waals surface area (Å²) < 4.78 is 66.3. The van der Waals surface area contributed by atoms with E-state index in [4.69, 9.17) is 0 Å². The molecule has 2 atom stereocenters. The second-order valence-electron chi connectivity index (χ2n) is 7.11. The van der Waals surface area contributed by atoms with Gasteiger partial charge in [-0.3, -0.25) is 4.79 Å². The van der Waals surface area contributed by atoms with Gasteiger partial charge in [0.05, 0.1) is 10.8 Å². The predicted octanol–water partition coefficient (Wildman–Crippen LogP) is 3.03. The first-order valence-corrected chi connectivity index (χ1v) is 10.6. The SMILES string of the molecule is O=C(C1CCCCN1S(=O)(=O)c1ccccc1)N1CCCC(C(F)(F)F)C1. The van der Waals surface area contributed by atoms with Crippen LogP contribution in [0.2, 0.25) is 0 Å². The van der Waals surface area contributed by atoms with Crippen molar-refractivity contribution in [3.8, 4) is 0 Å². The third-order valence-corrected chi connectivity index (χ3v) is 7.21. The number of halogens is 3. The third-order valence-electron chi connectivity index (χ3n) is 5.28. The molecule has 150 valence electrons. The molecule has 27 heavy (non-hydrogen) atoms. The smallest absolute Gasteiger partial charge is 0.341 e. The van der Waals surface area contributed by atoms with Gasteiger partial charge in [-0.05, 0) is 37.8 Å². The number of alkyl halides is 3. The second-order valence-corrected chi connectivity index (χ2v) is 9.00. The van der Waals surface area contributed by atoms with Crippen LogP contribution in [0.1, 0.15) is 32.1 Å². The highest BCUT2D eigenvalue weighted by Crippen LogP contribution is 2.34. The monoisotopic (exact) mass is 404 g/mol. The van der Waals surface area contributed by atoms with E-state index in [2.05, 4.69) is 0 Å². The summed E-state index contributed by atoms with van der Waals surface area (Å²) in [6.45, 7) is 0.0450. The topological polar surface area (TPSA) is 57.7 Å². The first-order chi connectivity index (χ1) is 12.7. The summed E-state index contributed by atoms with van der Waals surface area (Å²) in [5.41, 5.74) is 0. The molecule has 0 aliphatic carbocycles. The van der Waals surface area contributed by atoms with Gasteiger partial charge in [-0.2, -0.15) is 17.5 Å². The minimum absolute atomic E-state index is 0.00394. The van der Waals surface area contributed by atoms with Crippen molar-refractivity contribution < 1.29 is 26.4 Å². The Bertz CT molecular complexity index is 768. The summed E-state index contributed by atoms with van der Waals surface area (Å²) in [5.74, 6) is -2.05. The molecule has 2 unspecified atom stereocenters. The lowest BCUT2D eigenvalue weighted by atomic mass is 9.95. The van der Waals surface area contributed by atoms with E-state index in [1.807, 2.05) is 0 Å². The fourth-order valence-electron chi connectivity index (χ4n) is 3.82. The molecule has 3 rings (SSSR count). The van der Waals surface area contributed by atoms with Crippen LogP contribution in [0.25, 0.3) is 0 Å². The summed E-state index contributed by atoms with van der Waals surface area (Å²) in [4.78, 5) is 14.3. The first-order valence-electron chi connectivity index (χ1n) is 9.13. The Hall–Kier alpha value is -1.61. The number of carbonyl (C=O) groups is 1. The van der Waals surface area contributed by atoms with Crippen molar-refractivity contribution >= 4 is 15.9 Å². The Morgan fingerprint density at radius 2 is 1.70 bits per heavy atom. The third kappa shape index (κ3) is 4.29. The molecule has 0 N–H and O–H groups in total. The zero-order chi connectivity index (χ0) is 19.7. The molecule has 5 nitrogen and oxygen atoms in total. The quantitative estimate of drug-likeness (QED) is 0.778. The van der Waals surface area contributed by atoms with E-state index in [9.17, 15) is 26.4 Å². The largest absolute Gasteiger partial charge is 0.393 e. The lowest BCUT2D eigenvalue weighted by molar-refractivity contribution is -0.188. The standard InChI is InChI=1S/C18H23F3N2O3S/c19-18(20,21)14-7-6-11-22(13-14)17(24)16-10-4-5-12-23(16)27(25,26)15-8-2-1-3-9-15/h1-3,8-9,14,16H,4-7,10-13H2. The molecular weight excluding hydrogens is 381 g/mol. The van der Waals surface area contributed by atoms with Gasteiger partial charge in [0, 0.05) is 19.6 Å². The Morgan fingerprint density at radius 1 is 1.00 bits per heavy atom. The van der Waals surface area contributed by atoms with Gasteiger partial charge < -0.3 is 4.90 Å². The van der Waals surface area contributed by atoms with E-state index in [0.29, 0.717) is 19.3 Å². The van der Waals surface area contributed by atoms with Crippen LogP contribution in [-0.4, -0.2) is 55.4 Å². The molecule has 2 heterocycles. The number of hydrogen-bond acceptors (Lipinski definition) is 3. The number of likely N-dealkylation sites (tertiary alicyclic amines) is 1. The van der Waals surface area contributed by atoms with Gasteiger partial charge in [0.2, 0.25) is 15.9 Å². The van der Waals surface area contributed by atoms with Crippen molar-refractivity contribution in [3.63, 3.8) is 0 Å². The highest BCUT2D eigenvalue weighted by Gasteiger charge is 2.45. The molecule has 0 aromatic heterocycles. The Balaban J connectivity index is 1.82. The highest BCUT2D eigenvalue weighted by molar-refractivity contribution is 7.89. The molecule has 1 aromatic carbocycles. The number of amides is 1. The number of sulfonamides is 1. The average molecular weight is 404 g/mol. The lowest BCUT2D eigenvalue weighted by Crippen LogP contribution is -2.55. The number of benzene rings is 1. The van der Waals surface area contributed by atoms with E-state index in [1.54, 1.807) is 18.2 Å². The van der Waals surface area contributed by atoms with Crippen LogP contribution in [0, 0.1) is 5.92 Å². The van der Waals surface area contributed by atoms with E-state index in [0.717, 1.165) is 0 Å². The van der Waals surface area contributed by atoms with Crippen molar-refractivity contribution in [3.05, 3.63) is 30.3 Å². The van der Waals surface area contributed by atoms with Gasteiger partial charge in [0.15, 0.2) is 0 Å². The fraction of sp³-hybridized carbons (Fsp3) is 0.611. The maximum atomic E-state index is 13.1. The number of piperidine rings is 2. The predicted molar refractivity (Wildman–Crippen MR) is 93.3 cm³/mol. The minimum atomic E-state index is -4.35. The fourth-order valence-corrected chi connectivity index (χ4v) is 5.49. The molecular formula is C18H23F3N2O3S. The Labute approximate surface area is 157 Å². The second kappa shape index (κ2) is 7.79. The number of hydrogen-bond donors (Lipinski definition) is 0. The van der Waals surface area contributed by atoms with Crippen LogP contribution in [0.5, 0.6) is 0 Å². The number of rotatable bonds is 3. The first kappa shape index (κ1) is 20.1. The van der Waals surface area contributed by atoms with Gasteiger partial charge in [-0.25, -0.2) is 8.42 Å². The maximum absolute atomic E-state index is 13.1. The van der Waals surface area contributed by atoms with Gasteiger partial charge in [-0.1, -0.05) is 24.6 Å². The van der Waals surface area contributed by atoms with Crippen LogP contribution in [0.15, 0.2) is 35.2 Å². The molecule has 2 fully saturated rings. The van der Waals surface area contributed by atoms with E-state index >= 15 is 0 Å². The van der Waals surface area contributed by atoms with Crippen LogP contribution < -0.4 is 0 Å². The van der Waals surface area contributed by atoms with Gasteiger partial charge in [0.25, 0.3) is 0 Å². The van der Waals surface area contributed by atoms with Gasteiger partial charge in [-0.15, -0.1) is 0 Å². The molecule has 2 aliphatic rings. The molecule has 0 radical (unpaired) electrons. The normalized spacial score (nSPS) is 25.4. The van der Waals surface area contributed by atoms with Crippen molar-refractivity contribution in [2.24, 2.45) is 5.92 Å². The maximum Gasteiger partial charge on any atom is 0.393 e. The Morgan fingerprint density at radius 3 is 2.37 bits per heavy atom. The van der Waals surface area contributed by atoms with Crippen LogP contribution >= 0.6 is 0 Å². The summed E-state index contributed by atoms with van der Waals surface area (Å²) in [6, 6.07) is 6.90. The summed E-state index contributed by atoms with van der Waals surface area (Å²) in [7, 11) is -3.87. The van der Waals surface area contributed by atoms with Crippen LogP contribution in [-0.2, 0) is 14.8 Å². The average Bonchev–Trinajstić information content (AvgIpc) is 2.67. The lowest BCUT2D eigenvalue weighted by Gasteiger charge is -2.40. The van der Waals surface area contributed by atoms with Gasteiger partial charge >= 0.3 is 6.18 Å². The minimum Gasteiger partial charge on any atom is -0.341 e. The summed E-state index contributed by atoms with van der Waals surface area (Å²) in [6.07, 6.45) is -2.44. The van der Waals surface area contributed by atoms with Crippen LogP contribution in [0.3, 0.4) is 0 Å². The van der Waals surface area contributed by atoms with E-state index in [1.165, 1.54) is 21.3 Å². The molecule has 2 aliphatic heterocycles.